The normalized spacial score (nSPS) is 14.1. The van der Waals surface area contributed by atoms with Gasteiger partial charge >= 0.3 is 0 Å². The minimum Gasteiger partial charge on any atom is -0.481 e. The summed E-state index contributed by atoms with van der Waals surface area (Å²) >= 11 is 0. The number of benzene rings is 1. The summed E-state index contributed by atoms with van der Waals surface area (Å²) in [4.78, 5) is 0. The lowest BCUT2D eigenvalue weighted by Gasteiger charge is -2.20. The third-order valence-electron chi connectivity index (χ3n) is 2.77. The Morgan fingerprint density at radius 3 is 2.74 bits per heavy atom. The molecule has 1 aromatic carbocycles. The summed E-state index contributed by atoms with van der Waals surface area (Å²) in [6, 6.07) is 11.3. The zero-order valence-corrected chi connectivity index (χ0v) is 11.2. The molecule has 0 radical (unpaired) electrons. The molecule has 2 unspecified atom stereocenters. The van der Waals surface area contributed by atoms with Gasteiger partial charge in [0.25, 0.3) is 0 Å². The van der Waals surface area contributed by atoms with Gasteiger partial charge in [-0.2, -0.15) is 0 Å². The number of hydrogen-bond acceptors (Lipinski definition) is 4. The van der Waals surface area contributed by atoms with Crippen LogP contribution < -0.4 is 10.5 Å². The lowest BCUT2D eigenvalue weighted by Crippen LogP contribution is -2.28. The van der Waals surface area contributed by atoms with Crippen molar-refractivity contribution in [1.29, 1.82) is 0 Å². The number of methoxy groups -OCH3 is 1. The molecular formula is C15H19NO3. The summed E-state index contributed by atoms with van der Waals surface area (Å²) in [5, 5.41) is 0. The highest BCUT2D eigenvalue weighted by Crippen LogP contribution is 2.25. The summed E-state index contributed by atoms with van der Waals surface area (Å²) in [6.45, 7) is 2.45. The summed E-state index contributed by atoms with van der Waals surface area (Å²) < 4.78 is 16.4. The van der Waals surface area contributed by atoms with Crippen LogP contribution in [0.5, 0.6) is 5.75 Å². The van der Waals surface area contributed by atoms with E-state index in [4.69, 9.17) is 19.6 Å². The fourth-order valence-electron chi connectivity index (χ4n) is 1.90. The predicted octanol–water partition coefficient (Wildman–Crippen LogP) is 2.89. The van der Waals surface area contributed by atoms with Crippen molar-refractivity contribution in [2.45, 2.75) is 25.7 Å². The molecule has 2 atom stereocenters. The van der Waals surface area contributed by atoms with Gasteiger partial charge < -0.3 is 19.6 Å². The molecule has 0 saturated carbocycles. The lowest BCUT2D eigenvalue weighted by molar-refractivity contribution is 0.151. The Labute approximate surface area is 113 Å². The third kappa shape index (κ3) is 3.59. The van der Waals surface area contributed by atoms with Crippen molar-refractivity contribution < 1.29 is 13.9 Å². The minimum atomic E-state index is -0.298. The van der Waals surface area contributed by atoms with Gasteiger partial charge in [0, 0.05) is 13.2 Å². The van der Waals surface area contributed by atoms with Gasteiger partial charge in [-0.25, -0.2) is 0 Å². The van der Waals surface area contributed by atoms with E-state index < -0.39 is 0 Å². The van der Waals surface area contributed by atoms with E-state index in [1.165, 1.54) is 0 Å². The highest BCUT2D eigenvalue weighted by molar-refractivity contribution is 5.29. The molecule has 1 heterocycles. The Morgan fingerprint density at radius 2 is 2.11 bits per heavy atom. The zero-order chi connectivity index (χ0) is 13.7. The molecule has 4 heteroatoms. The van der Waals surface area contributed by atoms with E-state index >= 15 is 0 Å². The van der Waals surface area contributed by atoms with Gasteiger partial charge in [-0.15, -0.1) is 0 Å². The van der Waals surface area contributed by atoms with E-state index in [0.717, 1.165) is 17.1 Å². The molecule has 4 nitrogen and oxygen atoms in total. The van der Waals surface area contributed by atoms with Crippen molar-refractivity contribution in [3.8, 4) is 5.75 Å². The Hall–Kier alpha value is -1.78. The first-order valence-electron chi connectivity index (χ1n) is 6.24. The molecule has 0 aliphatic heterocycles. The molecule has 0 spiro atoms. The summed E-state index contributed by atoms with van der Waals surface area (Å²) in [5.74, 6) is 1.49. The standard InChI is InChI=1S/C15H19NO3/c1-11(16)15(14-7-4-8-18-14)19-13-6-3-5-12(9-13)10-17-2/h3-9,11,15H,10,16H2,1-2H3. The highest BCUT2D eigenvalue weighted by Gasteiger charge is 2.21. The molecule has 0 amide bonds. The lowest BCUT2D eigenvalue weighted by atomic mass is 10.1. The average molecular weight is 261 g/mol. The minimum absolute atomic E-state index is 0.169. The first-order valence-corrected chi connectivity index (χ1v) is 6.24. The molecule has 0 aliphatic rings. The molecular weight excluding hydrogens is 242 g/mol. The van der Waals surface area contributed by atoms with Crippen LogP contribution in [0, 0.1) is 0 Å². The van der Waals surface area contributed by atoms with Crippen LogP contribution in [0.25, 0.3) is 0 Å². The van der Waals surface area contributed by atoms with E-state index in [-0.39, 0.29) is 12.1 Å². The maximum Gasteiger partial charge on any atom is 0.171 e. The Morgan fingerprint density at radius 1 is 1.26 bits per heavy atom. The quantitative estimate of drug-likeness (QED) is 0.868. The van der Waals surface area contributed by atoms with Crippen LogP contribution in [0.15, 0.2) is 47.1 Å². The smallest absolute Gasteiger partial charge is 0.171 e. The maximum atomic E-state index is 5.96. The van der Waals surface area contributed by atoms with Crippen LogP contribution >= 0.6 is 0 Å². The SMILES string of the molecule is COCc1cccc(OC(c2ccco2)C(C)N)c1. The van der Waals surface area contributed by atoms with Crippen molar-refractivity contribution >= 4 is 0 Å². The van der Waals surface area contributed by atoms with Crippen molar-refractivity contribution in [2.24, 2.45) is 5.73 Å². The van der Waals surface area contributed by atoms with E-state index in [2.05, 4.69) is 0 Å². The number of ether oxygens (including phenoxy) is 2. The molecule has 2 N–H and O–H groups in total. The fraction of sp³-hybridized carbons (Fsp3) is 0.333. The number of furan rings is 1. The van der Waals surface area contributed by atoms with Gasteiger partial charge in [0.05, 0.1) is 12.9 Å². The number of nitrogens with two attached hydrogens (primary N) is 1. The molecule has 2 aromatic rings. The largest absolute Gasteiger partial charge is 0.481 e. The summed E-state index contributed by atoms with van der Waals surface area (Å²) in [5.41, 5.74) is 7.02. The van der Waals surface area contributed by atoms with Crippen molar-refractivity contribution in [3.05, 3.63) is 54.0 Å². The van der Waals surface area contributed by atoms with Crippen LogP contribution in [0.1, 0.15) is 24.4 Å². The van der Waals surface area contributed by atoms with E-state index in [9.17, 15) is 0 Å². The topological polar surface area (TPSA) is 57.6 Å². The Balaban J connectivity index is 2.15. The van der Waals surface area contributed by atoms with Gasteiger partial charge in [0.15, 0.2) is 6.10 Å². The van der Waals surface area contributed by atoms with Crippen LogP contribution in [0.4, 0.5) is 0 Å². The molecule has 0 saturated heterocycles. The molecule has 102 valence electrons. The maximum absolute atomic E-state index is 5.96. The van der Waals surface area contributed by atoms with Gasteiger partial charge in [-0.3, -0.25) is 0 Å². The molecule has 0 aliphatic carbocycles. The van der Waals surface area contributed by atoms with Crippen molar-refractivity contribution in [3.63, 3.8) is 0 Å². The Kier molecular flexibility index (Phi) is 4.60. The van der Waals surface area contributed by atoms with Crippen LogP contribution in [0.2, 0.25) is 0 Å². The van der Waals surface area contributed by atoms with Crippen molar-refractivity contribution in [1.82, 2.24) is 0 Å². The second kappa shape index (κ2) is 6.41. The highest BCUT2D eigenvalue weighted by atomic mass is 16.5. The molecule has 0 fully saturated rings. The van der Waals surface area contributed by atoms with Crippen molar-refractivity contribution in [2.75, 3.05) is 7.11 Å². The average Bonchev–Trinajstić information content (AvgIpc) is 2.90. The van der Waals surface area contributed by atoms with E-state index in [1.807, 2.05) is 43.3 Å². The monoisotopic (exact) mass is 261 g/mol. The molecule has 2 rings (SSSR count). The molecule has 1 aromatic heterocycles. The van der Waals surface area contributed by atoms with Gasteiger partial charge in [-0.05, 0) is 36.8 Å². The summed E-state index contributed by atoms with van der Waals surface area (Å²) in [6.07, 6.45) is 1.32. The van der Waals surface area contributed by atoms with E-state index in [1.54, 1.807) is 13.4 Å². The van der Waals surface area contributed by atoms with Gasteiger partial charge in [0.1, 0.15) is 11.5 Å². The van der Waals surface area contributed by atoms with Gasteiger partial charge in [0.2, 0.25) is 0 Å². The first-order chi connectivity index (χ1) is 9.20. The van der Waals surface area contributed by atoms with Crippen LogP contribution in [-0.4, -0.2) is 13.2 Å². The second-order valence-electron chi connectivity index (χ2n) is 4.49. The van der Waals surface area contributed by atoms with Crippen LogP contribution in [-0.2, 0) is 11.3 Å². The number of hydrogen-bond donors (Lipinski definition) is 1. The molecule has 19 heavy (non-hydrogen) atoms. The van der Waals surface area contributed by atoms with Gasteiger partial charge in [-0.1, -0.05) is 12.1 Å². The first kappa shape index (κ1) is 13.6. The molecule has 0 bridgehead atoms. The third-order valence-corrected chi connectivity index (χ3v) is 2.77. The van der Waals surface area contributed by atoms with Crippen LogP contribution in [0.3, 0.4) is 0 Å². The summed E-state index contributed by atoms with van der Waals surface area (Å²) in [7, 11) is 1.67. The Bertz CT molecular complexity index is 494. The van der Waals surface area contributed by atoms with E-state index in [0.29, 0.717) is 6.61 Å². The fourth-order valence-corrected chi connectivity index (χ4v) is 1.90. The predicted molar refractivity (Wildman–Crippen MR) is 72.9 cm³/mol. The second-order valence-corrected chi connectivity index (χ2v) is 4.49. The zero-order valence-electron chi connectivity index (χ0n) is 11.2. The number of rotatable bonds is 6.